The lowest BCUT2D eigenvalue weighted by molar-refractivity contribution is -0.138. The first-order chi connectivity index (χ1) is 13.6. The van der Waals surface area contributed by atoms with Gasteiger partial charge >= 0.3 is 0 Å². The number of aryl methyl sites for hydroxylation is 1. The zero-order chi connectivity index (χ0) is 19.5. The topological polar surface area (TPSA) is 36.4 Å². The Morgan fingerprint density at radius 2 is 2.00 bits per heavy atom. The van der Waals surface area contributed by atoms with Crippen LogP contribution < -0.4 is 0 Å². The summed E-state index contributed by atoms with van der Waals surface area (Å²) in [5.41, 5.74) is 2.31. The van der Waals surface area contributed by atoms with Gasteiger partial charge in [-0.1, -0.05) is 29.8 Å². The second-order valence-corrected chi connectivity index (χ2v) is 9.50. The molecule has 0 N–H and O–H groups in total. The minimum absolute atomic E-state index is 0.167. The van der Waals surface area contributed by atoms with Gasteiger partial charge in [0.05, 0.1) is 10.7 Å². The molecule has 2 fully saturated rings. The fraction of sp³-hybridized carbons (Fsp3) is 0.545. The SMILES string of the molecule is Cc1nc(CN2CCC(C(=O)N3CCCC3Cc3ccccc3Cl)CC2)cs1. The van der Waals surface area contributed by atoms with Crippen molar-refractivity contribution in [3.05, 3.63) is 50.9 Å². The molecule has 1 aromatic carbocycles. The van der Waals surface area contributed by atoms with Gasteiger partial charge in [-0.25, -0.2) is 4.98 Å². The van der Waals surface area contributed by atoms with Crippen LogP contribution in [0.4, 0.5) is 0 Å². The Bertz CT molecular complexity index is 816. The van der Waals surface area contributed by atoms with Crippen LogP contribution >= 0.6 is 22.9 Å². The standard InChI is InChI=1S/C22H28ClN3OS/c1-16-24-19(15-28-16)14-25-11-8-17(9-12-25)22(27)26-10-4-6-20(26)13-18-5-2-3-7-21(18)23/h2-3,5,7,15,17,20H,4,6,8-14H2,1H3. The van der Waals surface area contributed by atoms with Crippen molar-refractivity contribution in [2.75, 3.05) is 19.6 Å². The van der Waals surface area contributed by atoms with Crippen LogP contribution in [0.15, 0.2) is 29.6 Å². The number of likely N-dealkylation sites (tertiary alicyclic amines) is 2. The molecule has 2 aromatic rings. The van der Waals surface area contributed by atoms with Crippen LogP contribution in [0.1, 0.15) is 41.9 Å². The Balaban J connectivity index is 1.32. The lowest BCUT2D eigenvalue weighted by Gasteiger charge is -2.34. The summed E-state index contributed by atoms with van der Waals surface area (Å²) in [6, 6.07) is 8.31. The van der Waals surface area contributed by atoms with E-state index in [1.807, 2.05) is 25.1 Å². The van der Waals surface area contributed by atoms with Crippen molar-refractivity contribution in [2.45, 2.75) is 51.6 Å². The van der Waals surface area contributed by atoms with Crippen LogP contribution in [0.3, 0.4) is 0 Å². The normalized spacial score (nSPS) is 21.4. The van der Waals surface area contributed by atoms with E-state index in [1.54, 1.807) is 11.3 Å². The van der Waals surface area contributed by atoms with E-state index in [-0.39, 0.29) is 5.92 Å². The molecule has 1 amide bonds. The number of aromatic nitrogens is 1. The molecule has 0 spiro atoms. The molecule has 0 saturated carbocycles. The highest BCUT2D eigenvalue weighted by molar-refractivity contribution is 7.09. The number of thiazole rings is 1. The monoisotopic (exact) mass is 417 g/mol. The Hall–Kier alpha value is -1.43. The summed E-state index contributed by atoms with van der Waals surface area (Å²) in [7, 11) is 0. The second kappa shape index (κ2) is 8.93. The molecule has 1 aromatic heterocycles. The number of carbonyl (C=O) groups excluding carboxylic acids is 1. The molecule has 1 atom stereocenters. The Morgan fingerprint density at radius 1 is 1.21 bits per heavy atom. The van der Waals surface area contributed by atoms with Gasteiger partial charge in [0.1, 0.15) is 0 Å². The zero-order valence-electron chi connectivity index (χ0n) is 16.4. The summed E-state index contributed by atoms with van der Waals surface area (Å²) in [6.45, 7) is 5.82. The molecule has 4 rings (SSSR count). The number of piperidine rings is 1. The van der Waals surface area contributed by atoms with E-state index in [4.69, 9.17) is 11.6 Å². The van der Waals surface area contributed by atoms with Crippen molar-refractivity contribution in [1.82, 2.24) is 14.8 Å². The number of benzene rings is 1. The largest absolute Gasteiger partial charge is 0.339 e. The quantitative estimate of drug-likeness (QED) is 0.715. The Kier molecular flexibility index (Phi) is 6.34. The average molecular weight is 418 g/mol. The highest BCUT2D eigenvalue weighted by Crippen LogP contribution is 2.29. The van der Waals surface area contributed by atoms with Gasteiger partial charge < -0.3 is 4.90 Å². The summed E-state index contributed by atoms with van der Waals surface area (Å²) < 4.78 is 0. The van der Waals surface area contributed by atoms with Gasteiger partial charge in [-0.05, 0) is 63.7 Å². The van der Waals surface area contributed by atoms with Gasteiger partial charge in [-0.15, -0.1) is 11.3 Å². The zero-order valence-corrected chi connectivity index (χ0v) is 18.0. The smallest absolute Gasteiger partial charge is 0.226 e. The third kappa shape index (κ3) is 4.58. The molecule has 3 heterocycles. The number of carbonyl (C=O) groups is 1. The van der Waals surface area contributed by atoms with Gasteiger partial charge in [-0.2, -0.15) is 0 Å². The molecule has 2 aliphatic heterocycles. The van der Waals surface area contributed by atoms with Crippen molar-refractivity contribution in [2.24, 2.45) is 5.92 Å². The summed E-state index contributed by atoms with van der Waals surface area (Å²) >= 11 is 8.06. The van der Waals surface area contributed by atoms with E-state index < -0.39 is 0 Å². The molecular formula is C22H28ClN3OS. The predicted octanol–water partition coefficient (Wildman–Crippen LogP) is 4.55. The van der Waals surface area contributed by atoms with Gasteiger partial charge in [0, 0.05) is 35.5 Å². The first-order valence-electron chi connectivity index (χ1n) is 10.3. The molecule has 2 saturated heterocycles. The minimum atomic E-state index is 0.167. The molecule has 0 aliphatic carbocycles. The maximum Gasteiger partial charge on any atom is 0.226 e. The Morgan fingerprint density at radius 3 is 2.71 bits per heavy atom. The highest BCUT2D eigenvalue weighted by Gasteiger charge is 2.34. The number of hydrogen-bond donors (Lipinski definition) is 0. The van der Waals surface area contributed by atoms with Crippen molar-refractivity contribution in [3.8, 4) is 0 Å². The number of rotatable bonds is 5. The third-order valence-corrected chi connectivity index (χ3v) is 7.25. The molecule has 0 radical (unpaired) electrons. The molecule has 4 nitrogen and oxygen atoms in total. The summed E-state index contributed by atoms with van der Waals surface area (Å²) in [4.78, 5) is 22.4. The maximum atomic E-state index is 13.2. The van der Waals surface area contributed by atoms with Crippen LogP contribution in [0.5, 0.6) is 0 Å². The lowest BCUT2D eigenvalue weighted by atomic mass is 9.94. The van der Waals surface area contributed by atoms with E-state index >= 15 is 0 Å². The number of hydrogen-bond acceptors (Lipinski definition) is 4. The molecule has 2 aliphatic rings. The Labute approximate surface area is 176 Å². The third-order valence-electron chi connectivity index (χ3n) is 6.06. The van der Waals surface area contributed by atoms with Gasteiger partial charge in [-0.3, -0.25) is 9.69 Å². The lowest BCUT2D eigenvalue weighted by Crippen LogP contribution is -2.44. The minimum Gasteiger partial charge on any atom is -0.339 e. The van der Waals surface area contributed by atoms with E-state index in [2.05, 4.69) is 26.2 Å². The first-order valence-corrected chi connectivity index (χ1v) is 11.5. The number of nitrogens with zero attached hydrogens (tertiary/aromatic N) is 3. The fourth-order valence-corrected chi connectivity index (χ4v) is 5.36. The molecule has 28 heavy (non-hydrogen) atoms. The summed E-state index contributed by atoms with van der Waals surface area (Å²) in [5, 5.41) is 4.09. The molecular weight excluding hydrogens is 390 g/mol. The summed E-state index contributed by atoms with van der Waals surface area (Å²) in [5.74, 6) is 0.527. The predicted molar refractivity (Wildman–Crippen MR) is 115 cm³/mol. The average Bonchev–Trinajstić information content (AvgIpc) is 3.32. The number of halogens is 1. The molecule has 0 bridgehead atoms. The van der Waals surface area contributed by atoms with E-state index in [0.717, 1.165) is 79.6 Å². The van der Waals surface area contributed by atoms with Gasteiger partial charge in [0.15, 0.2) is 0 Å². The van der Waals surface area contributed by atoms with Crippen LogP contribution in [0.25, 0.3) is 0 Å². The van der Waals surface area contributed by atoms with Crippen LogP contribution in [-0.2, 0) is 17.8 Å². The molecule has 6 heteroatoms. The second-order valence-electron chi connectivity index (χ2n) is 8.03. The summed E-state index contributed by atoms with van der Waals surface area (Å²) in [6.07, 6.45) is 4.96. The van der Waals surface area contributed by atoms with Crippen molar-refractivity contribution < 1.29 is 4.79 Å². The molecule has 1 unspecified atom stereocenters. The molecule has 150 valence electrons. The highest BCUT2D eigenvalue weighted by atomic mass is 35.5. The van der Waals surface area contributed by atoms with Crippen LogP contribution in [0, 0.1) is 12.8 Å². The van der Waals surface area contributed by atoms with E-state index in [9.17, 15) is 4.79 Å². The van der Waals surface area contributed by atoms with E-state index in [0.29, 0.717) is 11.9 Å². The van der Waals surface area contributed by atoms with Crippen molar-refractivity contribution >= 4 is 28.8 Å². The fourth-order valence-electron chi connectivity index (χ4n) is 4.54. The van der Waals surface area contributed by atoms with Crippen LogP contribution in [-0.4, -0.2) is 46.4 Å². The van der Waals surface area contributed by atoms with E-state index in [1.165, 1.54) is 0 Å². The van der Waals surface area contributed by atoms with Crippen molar-refractivity contribution in [3.63, 3.8) is 0 Å². The first kappa shape index (κ1) is 19.9. The van der Waals surface area contributed by atoms with Gasteiger partial charge in [0.2, 0.25) is 5.91 Å². The number of amides is 1. The maximum absolute atomic E-state index is 13.2. The van der Waals surface area contributed by atoms with Crippen molar-refractivity contribution in [1.29, 1.82) is 0 Å². The van der Waals surface area contributed by atoms with Crippen LogP contribution in [0.2, 0.25) is 5.02 Å². The van der Waals surface area contributed by atoms with Gasteiger partial charge in [0.25, 0.3) is 0 Å².